The maximum absolute atomic E-state index is 11.0. The minimum Gasteiger partial charge on any atom is -0.490 e. The number of carbonyl (C=O) groups is 1. The van der Waals surface area contributed by atoms with Gasteiger partial charge < -0.3 is 19.3 Å². The smallest absolute Gasteiger partial charge is 0.304 e. The van der Waals surface area contributed by atoms with Crippen molar-refractivity contribution in [3.8, 4) is 29.1 Å². The summed E-state index contributed by atoms with van der Waals surface area (Å²) in [5.74, 6) is 6.62. The van der Waals surface area contributed by atoms with E-state index in [1.807, 2.05) is 42.5 Å². The van der Waals surface area contributed by atoms with E-state index in [-0.39, 0.29) is 18.4 Å². The van der Waals surface area contributed by atoms with Crippen molar-refractivity contribution in [2.45, 2.75) is 25.4 Å². The molecule has 6 heteroatoms. The van der Waals surface area contributed by atoms with E-state index >= 15 is 0 Å². The first-order valence-electron chi connectivity index (χ1n) is 8.51. The molecule has 1 aliphatic rings. The molecule has 0 saturated carbocycles. The van der Waals surface area contributed by atoms with E-state index in [2.05, 4.69) is 27.8 Å². The monoisotopic (exact) mass is 430 g/mol. The molecule has 2 aromatic rings. The van der Waals surface area contributed by atoms with Crippen LogP contribution in [-0.2, 0) is 4.79 Å². The molecule has 0 aliphatic carbocycles. The maximum Gasteiger partial charge on any atom is 0.304 e. The average molecular weight is 431 g/mol. The normalized spacial score (nSPS) is 16.0. The van der Waals surface area contributed by atoms with Gasteiger partial charge in [0.1, 0.15) is 19.0 Å². The summed E-state index contributed by atoms with van der Waals surface area (Å²) in [4.78, 5) is 11.0. The van der Waals surface area contributed by atoms with Gasteiger partial charge >= 0.3 is 5.97 Å². The first-order valence-corrected chi connectivity index (χ1v) is 9.30. The van der Waals surface area contributed by atoms with Gasteiger partial charge in [0.15, 0.2) is 17.6 Å². The van der Waals surface area contributed by atoms with E-state index in [0.717, 1.165) is 15.8 Å². The van der Waals surface area contributed by atoms with Crippen LogP contribution >= 0.6 is 15.9 Å². The minimum atomic E-state index is -0.871. The molecular weight excluding hydrogens is 412 g/mol. The van der Waals surface area contributed by atoms with Gasteiger partial charge in [-0.1, -0.05) is 34.0 Å². The van der Waals surface area contributed by atoms with Crippen LogP contribution in [-0.4, -0.2) is 30.4 Å². The van der Waals surface area contributed by atoms with Crippen molar-refractivity contribution < 1.29 is 24.1 Å². The highest BCUT2D eigenvalue weighted by Gasteiger charge is 2.22. The molecule has 140 valence electrons. The summed E-state index contributed by atoms with van der Waals surface area (Å²) in [6.07, 6.45) is -0.235. The quantitative estimate of drug-likeness (QED) is 0.693. The predicted octanol–water partition coefficient (Wildman–Crippen LogP) is 4.25. The number of hydrogen-bond acceptors (Lipinski definition) is 4. The third-order valence-corrected chi connectivity index (χ3v) is 4.53. The molecule has 1 heterocycles. The van der Waals surface area contributed by atoms with Gasteiger partial charge in [0.2, 0.25) is 0 Å². The second-order valence-corrected chi connectivity index (χ2v) is 6.98. The lowest BCUT2D eigenvalue weighted by molar-refractivity contribution is -0.137. The fourth-order valence-corrected chi connectivity index (χ4v) is 3.10. The van der Waals surface area contributed by atoms with E-state index in [1.54, 1.807) is 6.92 Å². The highest BCUT2D eigenvalue weighted by molar-refractivity contribution is 9.10. The summed E-state index contributed by atoms with van der Waals surface area (Å²) in [5, 5.41) is 9.02. The summed E-state index contributed by atoms with van der Waals surface area (Å²) in [6.45, 7) is 2.47. The maximum atomic E-state index is 11.0. The molecule has 0 amide bonds. The van der Waals surface area contributed by atoms with Crippen molar-refractivity contribution in [1.29, 1.82) is 0 Å². The molecule has 1 aliphatic heterocycles. The van der Waals surface area contributed by atoms with E-state index in [4.69, 9.17) is 19.3 Å². The number of halogens is 1. The van der Waals surface area contributed by atoms with Crippen molar-refractivity contribution in [1.82, 2.24) is 0 Å². The van der Waals surface area contributed by atoms with Crippen molar-refractivity contribution in [3.63, 3.8) is 0 Å². The fourth-order valence-electron chi connectivity index (χ4n) is 2.76. The molecule has 2 aromatic carbocycles. The molecule has 0 bridgehead atoms. The lowest BCUT2D eigenvalue weighted by Gasteiger charge is -2.26. The van der Waals surface area contributed by atoms with Gasteiger partial charge in [-0.05, 0) is 42.8 Å². The van der Waals surface area contributed by atoms with Gasteiger partial charge in [-0.2, -0.15) is 0 Å². The third kappa shape index (κ3) is 5.18. The molecule has 0 saturated heterocycles. The average Bonchev–Trinajstić information content (AvgIpc) is 2.66. The fraction of sp³-hybridized carbons (Fsp3) is 0.286. The summed E-state index contributed by atoms with van der Waals surface area (Å²) in [6, 6.07) is 13.0. The zero-order valence-corrected chi connectivity index (χ0v) is 16.4. The van der Waals surface area contributed by atoms with Gasteiger partial charge in [-0.3, -0.25) is 4.79 Å². The largest absolute Gasteiger partial charge is 0.490 e. The number of fused-ring (bicyclic) bond motifs is 1. The Hall–Kier alpha value is -2.65. The number of carboxylic acid groups (broad SMARTS) is 1. The molecule has 5 nitrogen and oxygen atoms in total. The van der Waals surface area contributed by atoms with Crippen molar-refractivity contribution in [3.05, 3.63) is 52.5 Å². The second-order valence-electron chi connectivity index (χ2n) is 6.07. The Morgan fingerprint density at radius 3 is 2.78 bits per heavy atom. The van der Waals surface area contributed by atoms with Crippen LogP contribution in [0.3, 0.4) is 0 Å². The Labute approximate surface area is 166 Å². The number of rotatable bonds is 6. The van der Waals surface area contributed by atoms with Crippen LogP contribution in [0.5, 0.6) is 17.2 Å². The Bertz CT molecular complexity index is 866. The van der Waals surface area contributed by atoms with Gasteiger partial charge in [-0.25, -0.2) is 0 Å². The van der Waals surface area contributed by atoms with E-state index < -0.39 is 5.97 Å². The van der Waals surface area contributed by atoms with Crippen molar-refractivity contribution in [2.24, 2.45) is 0 Å². The first kappa shape index (κ1) is 19.1. The van der Waals surface area contributed by atoms with Gasteiger partial charge in [-0.15, -0.1) is 5.92 Å². The molecule has 0 spiro atoms. The predicted molar refractivity (Wildman–Crippen MR) is 104 cm³/mol. The lowest BCUT2D eigenvalue weighted by atomic mass is 9.96. The van der Waals surface area contributed by atoms with Crippen LogP contribution in [0.25, 0.3) is 0 Å². The van der Waals surface area contributed by atoms with E-state index in [1.165, 1.54) is 0 Å². The Morgan fingerprint density at radius 2 is 2.07 bits per heavy atom. The lowest BCUT2D eigenvalue weighted by Crippen LogP contribution is -2.34. The van der Waals surface area contributed by atoms with Gasteiger partial charge in [0, 0.05) is 4.47 Å². The zero-order chi connectivity index (χ0) is 19.2. The molecular formula is C21H19BrO5. The number of ether oxygens (including phenoxy) is 3. The number of carboxylic acids is 1. The van der Waals surface area contributed by atoms with Crippen LogP contribution < -0.4 is 14.2 Å². The molecule has 1 unspecified atom stereocenters. The Morgan fingerprint density at radius 1 is 1.30 bits per heavy atom. The van der Waals surface area contributed by atoms with Crippen LogP contribution in [0.1, 0.15) is 24.8 Å². The highest BCUT2D eigenvalue weighted by Crippen LogP contribution is 2.34. The minimum absolute atomic E-state index is 0.0245. The topological polar surface area (TPSA) is 65.0 Å². The number of hydrogen-bond donors (Lipinski definition) is 1. The van der Waals surface area contributed by atoms with E-state index in [9.17, 15) is 4.79 Å². The second kappa shape index (κ2) is 8.83. The van der Waals surface area contributed by atoms with Crippen LogP contribution in [0.4, 0.5) is 0 Å². The zero-order valence-electron chi connectivity index (χ0n) is 14.8. The molecule has 0 fully saturated rings. The number of aliphatic carboxylic acids is 1. The van der Waals surface area contributed by atoms with Gasteiger partial charge in [0.05, 0.1) is 12.3 Å². The highest BCUT2D eigenvalue weighted by atomic mass is 79.9. The Balaban J connectivity index is 1.59. The summed E-state index contributed by atoms with van der Waals surface area (Å²) in [5.41, 5.74) is 0.857. The van der Waals surface area contributed by atoms with Crippen molar-refractivity contribution >= 4 is 21.9 Å². The van der Waals surface area contributed by atoms with E-state index in [0.29, 0.717) is 24.7 Å². The molecule has 0 radical (unpaired) electrons. The summed E-state index contributed by atoms with van der Waals surface area (Å²) < 4.78 is 18.3. The first-order chi connectivity index (χ1) is 13.0. The molecule has 0 aromatic heterocycles. The van der Waals surface area contributed by atoms with Gasteiger partial charge in [0.25, 0.3) is 0 Å². The number of benzene rings is 2. The molecule has 2 atom stereocenters. The summed E-state index contributed by atoms with van der Waals surface area (Å²) in [7, 11) is 0. The third-order valence-electron chi connectivity index (χ3n) is 4.04. The standard InChI is InChI=1S/C21H19BrO5/c1-2-3-15(10-21(23)24)14-4-7-17(8-5-14)25-12-18-13-26-19-9-6-16(22)11-20(19)27-18/h4-9,11,15,18H,10,12-13H2,1H3,(H,23,24)/t15?,18-/m0/s1. The van der Waals surface area contributed by atoms with Crippen molar-refractivity contribution in [2.75, 3.05) is 13.2 Å². The van der Waals surface area contributed by atoms with Crippen LogP contribution in [0, 0.1) is 11.8 Å². The Kier molecular flexibility index (Phi) is 6.25. The SMILES string of the molecule is CC#CC(CC(=O)O)c1ccc(OC[C@H]2COc3ccc(Br)cc3O2)cc1. The molecule has 3 rings (SSSR count). The molecule has 1 N–H and O–H groups in total. The summed E-state index contributed by atoms with van der Waals surface area (Å²) >= 11 is 3.42. The molecule has 27 heavy (non-hydrogen) atoms. The van der Waals surface area contributed by atoms with Crippen LogP contribution in [0.15, 0.2) is 46.9 Å². The van der Waals surface area contributed by atoms with Crippen LogP contribution in [0.2, 0.25) is 0 Å².